The molecule has 0 bridgehead atoms. The Bertz CT molecular complexity index is 682. The quantitative estimate of drug-likeness (QED) is 0.467. The number of benzene rings is 1. The molecule has 0 spiro atoms. The zero-order valence-corrected chi connectivity index (χ0v) is 12.7. The lowest BCUT2D eigenvalue weighted by atomic mass is 10.1. The first-order valence-corrected chi connectivity index (χ1v) is 7.87. The van der Waals surface area contributed by atoms with E-state index in [1.165, 1.54) is 32.0 Å². The van der Waals surface area contributed by atoms with Gasteiger partial charge in [0.2, 0.25) is 0 Å². The summed E-state index contributed by atoms with van der Waals surface area (Å²) in [5.74, 6) is -0.745. The summed E-state index contributed by atoms with van der Waals surface area (Å²) in [4.78, 5) is 22.2. The molecule has 0 aliphatic heterocycles. The third-order valence-electron chi connectivity index (χ3n) is 3.17. The number of anilines is 1. The summed E-state index contributed by atoms with van der Waals surface area (Å²) in [6, 6.07) is 3.99. The second kappa shape index (κ2) is 5.68. The van der Waals surface area contributed by atoms with Crippen LogP contribution in [0.1, 0.15) is 24.2 Å². The number of nitrogens with zero attached hydrogens (tertiary/aromatic N) is 1. The topological polar surface area (TPSA) is 132 Å². The molecule has 9 heteroatoms. The molecule has 21 heavy (non-hydrogen) atoms. The largest absolute Gasteiger partial charge is 0.393 e. The molecule has 0 unspecified atom stereocenters. The monoisotopic (exact) mass is 315 g/mol. The van der Waals surface area contributed by atoms with Gasteiger partial charge < -0.3 is 11.1 Å². The summed E-state index contributed by atoms with van der Waals surface area (Å²) < 4.78 is 21.9. The van der Waals surface area contributed by atoms with E-state index in [4.69, 9.17) is 5.73 Å². The molecule has 0 saturated carbocycles. The number of hydrogen-bond acceptors (Lipinski definition) is 6. The average Bonchev–Trinajstić information content (AvgIpc) is 2.33. The fourth-order valence-electron chi connectivity index (χ4n) is 1.47. The number of rotatable bonds is 5. The van der Waals surface area contributed by atoms with Crippen LogP contribution >= 0.6 is 0 Å². The Kier molecular flexibility index (Phi) is 4.57. The van der Waals surface area contributed by atoms with Crippen molar-refractivity contribution >= 4 is 27.1 Å². The molecule has 0 radical (unpaired) electrons. The average molecular weight is 315 g/mol. The molecule has 0 fully saturated rings. The van der Waals surface area contributed by atoms with Crippen LogP contribution in [0.25, 0.3) is 0 Å². The number of carbonyl (C=O) groups is 1. The van der Waals surface area contributed by atoms with Crippen molar-refractivity contribution in [1.29, 1.82) is 0 Å². The second-order valence-electron chi connectivity index (χ2n) is 5.22. The maximum absolute atomic E-state index is 12.0. The number of nitro benzene ring substituents is 1. The van der Waals surface area contributed by atoms with Crippen LogP contribution in [0, 0.1) is 10.1 Å². The number of nitrogen functional groups attached to an aromatic ring is 1. The number of hydrogen-bond donors (Lipinski definition) is 2. The van der Waals surface area contributed by atoms with E-state index in [0.717, 1.165) is 6.26 Å². The molecular formula is C12H17N3O5S. The third-order valence-corrected chi connectivity index (χ3v) is 5.32. The summed E-state index contributed by atoms with van der Waals surface area (Å²) in [6.07, 6.45) is 1.06. The van der Waals surface area contributed by atoms with Crippen molar-refractivity contribution in [3.63, 3.8) is 0 Å². The Morgan fingerprint density at radius 2 is 2.00 bits per heavy atom. The number of nitro groups is 1. The maximum atomic E-state index is 12.0. The van der Waals surface area contributed by atoms with E-state index in [2.05, 4.69) is 5.32 Å². The molecule has 116 valence electrons. The number of nitrogens with one attached hydrogen (secondary N) is 1. The Morgan fingerprint density at radius 1 is 1.43 bits per heavy atom. The van der Waals surface area contributed by atoms with Gasteiger partial charge in [0, 0.05) is 12.8 Å². The number of carbonyl (C=O) groups excluding carboxylic acids is 1. The van der Waals surface area contributed by atoms with Crippen LogP contribution in [0.2, 0.25) is 0 Å². The van der Waals surface area contributed by atoms with Gasteiger partial charge in [0.05, 0.1) is 9.67 Å². The van der Waals surface area contributed by atoms with Crippen molar-refractivity contribution in [1.82, 2.24) is 5.32 Å². The van der Waals surface area contributed by atoms with E-state index in [0.29, 0.717) is 0 Å². The molecule has 0 saturated heterocycles. The van der Waals surface area contributed by atoms with Crippen LogP contribution in [-0.2, 0) is 9.84 Å². The summed E-state index contributed by atoms with van der Waals surface area (Å²) in [7, 11) is -3.39. The third kappa shape index (κ3) is 3.69. The lowest BCUT2D eigenvalue weighted by Gasteiger charge is -2.22. The molecule has 0 aromatic heterocycles. The van der Waals surface area contributed by atoms with Crippen molar-refractivity contribution in [3.8, 4) is 0 Å². The summed E-state index contributed by atoms with van der Waals surface area (Å²) in [5, 5.41) is 13.3. The fraction of sp³-hybridized carbons (Fsp3) is 0.417. The minimum absolute atomic E-state index is 0.130. The van der Waals surface area contributed by atoms with Gasteiger partial charge in [0.25, 0.3) is 5.91 Å². The molecule has 1 aromatic carbocycles. The van der Waals surface area contributed by atoms with E-state index in [1.807, 2.05) is 0 Å². The highest BCUT2D eigenvalue weighted by atomic mass is 32.2. The van der Waals surface area contributed by atoms with Crippen molar-refractivity contribution < 1.29 is 18.1 Å². The Morgan fingerprint density at radius 3 is 2.48 bits per heavy atom. The predicted molar refractivity (Wildman–Crippen MR) is 78.8 cm³/mol. The first-order chi connectivity index (χ1) is 9.47. The van der Waals surface area contributed by atoms with Gasteiger partial charge in [-0.25, -0.2) is 8.42 Å². The molecule has 1 amide bonds. The molecule has 8 nitrogen and oxygen atoms in total. The standard InChI is InChI=1S/C12H17N3O5S/c1-12(2,21(3,19)20)7-14-11(16)8-5-4-6-9(13)10(8)15(17)18/h4-6H,7,13H2,1-3H3,(H,14,16). The maximum Gasteiger partial charge on any atom is 0.304 e. The summed E-state index contributed by atoms with van der Waals surface area (Å²) >= 11 is 0. The Balaban J connectivity index is 3.02. The van der Waals surface area contributed by atoms with Gasteiger partial charge >= 0.3 is 5.69 Å². The minimum atomic E-state index is -3.39. The molecule has 0 heterocycles. The zero-order valence-electron chi connectivity index (χ0n) is 11.9. The van der Waals surface area contributed by atoms with Gasteiger partial charge in [-0.15, -0.1) is 0 Å². The minimum Gasteiger partial charge on any atom is -0.393 e. The fourth-order valence-corrected chi connectivity index (χ4v) is 1.80. The van der Waals surface area contributed by atoms with Crippen LogP contribution < -0.4 is 11.1 Å². The van der Waals surface area contributed by atoms with Crippen LogP contribution in [0.4, 0.5) is 11.4 Å². The van der Waals surface area contributed by atoms with Crippen LogP contribution in [0.5, 0.6) is 0 Å². The molecule has 0 aliphatic carbocycles. The number of para-hydroxylation sites is 1. The first-order valence-electron chi connectivity index (χ1n) is 5.98. The lowest BCUT2D eigenvalue weighted by Crippen LogP contribution is -2.43. The van der Waals surface area contributed by atoms with Gasteiger partial charge in [-0.1, -0.05) is 6.07 Å². The van der Waals surface area contributed by atoms with Crippen LogP contribution in [0.15, 0.2) is 18.2 Å². The molecular weight excluding hydrogens is 298 g/mol. The Hall–Kier alpha value is -2.16. The predicted octanol–water partition coefficient (Wildman–Crippen LogP) is 0.730. The summed E-state index contributed by atoms with van der Waals surface area (Å²) in [6.45, 7) is 2.74. The van der Waals surface area contributed by atoms with Gasteiger partial charge in [-0.3, -0.25) is 14.9 Å². The molecule has 1 aromatic rings. The Labute approximate surface area is 122 Å². The first kappa shape index (κ1) is 16.9. The van der Waals surface area contributed by atoms with E-state index in [1.54, 1.807) is 0 Å². The lowest BCUT2D eigenvalue weighted by molar-refractivity contribution is -0.384. The van der Waals surface area contributed by atoms with Gasteiger partial charge in [-0.05, 0) is 26.0 Å². The highest BCUT2D eigenvalue weighted by Crippen LogP contribution is 2.26. The zero-order chi connectivity index (χ0) is 16.4. The second-order valence-corrected chi connectivity index (χ2v) is 7.86. The van der Waals surface area contributed by atoms with Crippen LogP contribution in [-0.4, -0.2) is 36.8 Å². The molecule has 0 atom stereocenters. The number of nitrogens with two attached hydrogens (primary N) is 1. The van der Waals surface area contributed by atoms with E-state index >= 15 is 0 Å². The van der Waals surface area contributed by atoms with Crippen LogP contribution in [0.3, 0.4) is 0 Å². The number of amides is 1. The highest BCUT2D eigenvalue weighted by molar-refractivity contribution is 7.92. The SMILES string of the molecule is CC(C)(CNC(=O)c1cccc(N)c1[N+](=O)[O-])S(C)(=O)=O. The number of sulfone groups is 1. The molecule has 0 aliphatic rings. The van der Waals surface area contributed by atoms with Crippen molar-refractivity contribution in [3.05, 3.63) is 33.9 Å². The van der Waals surface area contributed by atoms with Gasteiger partial charge in [-0.2, -0.15) is 0 Å². The van der Waals surface area contributed by atoms with Crippen molar-refractivity contribution in [2.45, 2.75) is 18.6 Å². The van der Waals surface area contributed by atoms with Gasteiger partial charge in [0.1, 0.15) is 11.3 Å². The van der Waals surface area contributed by atoms with Gasteiger partial charge in [0.15, 0.2) is 9.84 Å². The van der Waals surface area contributed by atoms with Crippen molar-refractivity contribution in [2.24, 2.45) is 0 Å². The smallest absolute Gasteiger partial charge is 0.304 e. The molecule has 1 rings (SSSR count). The van der Waals surface area contributed by atoms with E-state index < -0.39 is 31.1 Å². The van der Waals surface area contributed by atoms with Crippen molar-refractivity contribution in [2.75, 3.05) is 18.5 Å². The highest BCUT2D eigenvalue weighted by Gasteiger charge is 2.31. The normalized spacial score (nSPS) is 12.0. The molecule has 3 N–H and O–H groups in total. The van der Waals surface area contributed by atoms with E-state index in [9.17, 15) is 23.3 Å². The van der Waals surface area contributed by atoms with E-state index in [-0.39, 0.29) is 17.8 Å². The summed E-state index contributed by atoms with van der Waals surface area (Å²) in [5.41, 5.74) is 4.67.